The highest BCUT2D eigenvalue weighted by Gasteiger charge is 2.25. The predicted molar refractivity (Wildman–Crippen MR) is 199 cm³/mol. The van der Waals surface area contributed by atoms with E-state index in [2.05, 4.69) is 38.2 Å². The number of quaternary nitrogens is 1. The van der Waals surface area contributed by atoms with Gasteiger partial charge in [-0.3, -0.25) is 9.59 Å². The van der Waals surface area contributed by atoms with Gasteiger partial charge in [-0.25, -0.2) is 0 Å². The van der Waals surface area contributed by atoms with Gasteiger partial charge in [-0.15, -0.1) is 0 Å². The van der Waals surface area contributed by atoms with E-state index in [1.807, 2.05) is 0 Å². The van der Waals surface area contributed by atoms with Crippen molar-refractivity contribution in [3.8, 4) is 0 Å². The Morgan fingerprint density at radius 2 is 1.06 bits per heavy atom. The van der Waals surface area contributed by atoms with Crippen LogP contribution in [-0.4, -0.2) is 75.5 Å². The minimum Gasteiger partial charge on any atom is -0.544 e. The van der Waals surface area contributed by atoms with Crippen LogP contribution < -0.4 is 5.11 Å². The van der Waals surface area contributed by atoms with Crippen LogP contribution in [0, 0.1) is 0 Å². The maximum atomic E-state index is 12.6. The summed E-state index contributed by atoms with van der Waals surface area (Å²) in [6.45, 7) is 4.60. The summed E-state index contributed by atoms with van der Waals surface area (Å²) in [4.78, 5) is 36.6. The highest BCUT2D eigenvalue weighted by molar-refractivity contribution is 5.70. The Balaban J connectivity index is 4.39. The summed E-state index contributed by atoms with van der Waals surface area (Å²) >= 11 is 0. The quantitative estimate of drug-likeness (QED) is 0.0283. The number of nitrogens with zero attached hydrogens (tertiary/aromatic N) is 1. The molecular weight excluding hydrogens is 618 g/mol. The molecule has 0 fully saturated rings. The molecule has 0 aromatic heterocycles. The molecule has 0 aliphatic heterocycles. The van der Waals surface area contributed by atoms with Gasteiger partial charge >= 0.3 is 11.9 Å². The molecule has 0 spiro atoms. The predicted octanol–water partition coefficient (Wildman–Crippen LogP) is 8.80. The molecule has 0 saturated carbocycles. The summed E-state index contributed by atoms with van der Waals surface area (Å²) in [5.74, 6) is -1.75. The van der Waals surface area contributed by atoms with Crippen LogP contribution in [0.1, 0.15) is 168 Å². The van der Waals surface area contributed by atoms with E-state index in [-0.39, 0.29) is 42.7 Å². The molecule has 0 bridgehead atoms. The average molecular weight is 694 g/mol. The molecule has 2 atom stereocenters. The number of rotatable bonds is 35. The lowest BCUT2D eigenvalue weighted by molar-refractivity contribution is -0.889. The van der Waals surface area contributed by atoms with E-state index < -0.39 is 18.1 Å². The van der Waals surface area contributed by atoms with Gasteiger partial charge in [-0.05, 0) is 38.5 Å². The van der Waals surface area contributed by atoms with E-state index in [4.69, 9.17) is 14.2 Å². The molecule has 0 N–H and O–H groups in total. The smallest absolute Gasteiger partial charge is 0.306 e. The Kier molecular flexibility index (Phi) is 31.5. The summed E-state index contributed by atoms with van der Waals surface area (Å²) in [7, 11) is 5.39. The van der Waals surface area contributed by atoms with Gasteiger partial charge in [0.05, 0.1) is 40.3 Å². The van der Waals surface area contributed by atoms with Crippen LogP contribution in [0.4, 0.5) is 0 Å². The van der Waals surface area contributed by atoms with Gasteiger partial charge in [0.1, 0.15) is 12.6 Å². The lowest BCUT2D eigenvalue weighted by Gasteiger charge is -2.34. The van der Waals surface area contributed by atoms with Gasteiger partial charge in [0.15, 0.2) is 6.10 Å². The summed E-state index contributed by atoms with van der Waals surface area (Å²) in [5.41, 5.74) is 0. The number of aliphatic carboxylic acids is 1. The topological polar surface area (TPSA) is 102 Å². The molecule has 49 heavy (non-hydrogen) atoms. The largest absolute Gasteiger partial charge is 0.544 e. The number of unbranched alkanes of at least 4 members (excludes halogenated alkanes) is 18. The zero-order valence-corrected chi connectivity index (χ0v) is 32.4. The third-order valence-corrected chi connectivity index (χ3v) is 8.87. The van der Waals surface area contributed by atoms with E-state index in [1.165, 1.54) is 83.5 Å². The number of carboxylic acid groups (broad SMARTS) is 1. The molecule has 8 nitrogen and oxygen atoms in total. The first-order valence-electron chi connectivity index (χ1n) is 19.9. The summed E-state index contributed by atoms with van der Waals surface area (Å²) in [5, 5.41) is 11.6. The van der Waals surface area contributed by atoms with Gasteiger partial charge in [-0.2, -0.15) is 0 Å². The normalized spacial score (nSPS) is 13.2. The molecule has 0 saturated heterocycles. The van der Waals surface area contributed by atoms with Gasteiger partial charge < -0.3 is 28.6 Å². The third-order valence-electron chi connectivity index (χ3n) is 8.87. The molecule has 0 aliphatic rings. The van der Waals surface area contributed by atoms with Gasteiger partial charge in [-0.1, -0.05) is 134 Å². The van der Waals surface area contributed by atoms with Crippen molar-refractivity contribution in [2.45, 2.75) is 180 Å². The number of allylic oxidation sites excluding steroid dienone is 4. The van der Waals surface area contributed by atoms with Crippen molar-refractivity contribution in [1.82, 2.24) is 0 Å². The Morgan fingerprint density at radius 3 is 1.57 bits per heavy atom. The lowest BCUT2D eigenvalue weighted by Crippen LogP contribution is -2.55. The Morgan fingerprint density at radius 1 is 0.612 bits per heavy atom. The van der Waals surface area contributed by atoms with Crippen LogP contribution in [-0.2, 0) is 28.6 Å². The van der Waals surface area contributed by atoms with Crippen molar-refractivity contribution in [2.75, 3.05) is 41.0 Å². The second-order valence-electron chi connectivity index (χ2n) is 14.6. The maximum absolute atomic E-state index is 12.6. The first-order chi connectivity index (χ1) is 23.6. The van der Waals surface area contributed by atoms with Crippen molar-refractivity contribution in [3.05, 3.63) is 24.3 Å². The molecule has 0 amide bonds. The molecule has 286 valence electrons. The Bertz CT molecular complexity index is 864. The Labute approximate surface area is 301 Å². The van der Waals surface area contributed by atoms with E-state index in [0.29, 0.717) is 12.8 Å². The van der Waals surface area contributed by atoms with Crippen LogP contribution in [0.5, 0.6) is 0 Å². The molecule has 0 radical (unpaired) electrons. The fourth-order valence-corrected chi connectivity index (χ4v) is 5.71. The van der Waals surface area contributed by atoms with E-state index >= 15 is 0 Å². The van der Waals surface area contributed by atoms with Gasteiger partial charge in [0.2, 0.25) is 0 Å². The number of carbonyl (C=O) groups excluding carboxylic acids is 3. The Hall–Kier alpha value is -2.19. The van der Waals surface area contributed by atoms with Crippen LogP contribution in [0.3, 0.4) is 0 Å². The highest BCUT2D eigenvalue weighted by atomic mass is 16.6. The van der Waals surface area contributed by atoms with Crippen molar-refractivity contribution in [2.24, 2.45) is 0 Å². The van der Waals surface area contributed by atoms with Crippen LogP contribution in [0.15, 0.2) is 24.3 Å². The molecule has 0 aromatic rings. The third kappa shape index (κ3) is 31.5. The van der Waals surface area contributed by atoms with Crippen molar-refractivity contribution >= 4 is 17.9 Å². The summed E-state index contributed by atoms with van der Waals surface area (Å²) in [6, 6.07) is -0.723. The summed E-state index contributed by atoms with van der Waals surface area (Å²) < 4.78 is 17.1. The highest BCUT2D eigenvalue weighted by Crippen LogP contribution is 2.14. The lowest BCUT2D eigenvalue weighted by atomic mass is 10.1. The second-order valence-corrected chi connectivity index (χ2v) is 14.6. The second kappa shape index (κ2) is 33.0. The van der Waals surface area contributed by atoms with Crippen LogP contribution in [0.25, 0.3) is 0 Å². The van der Waals surface area contributed by atoms with Crippen molar-refractivity contribution in [3.63, 3.8) is 0 Å². The first kappa shape index (κ1) is 46.8. The number of likely N-dealkylation sites (N-methyl/N-ethyl adjacent to an activating group) is 1. The molecule has 8 heteroatoms. The number of carbonyl (C=O) groups is 3. The number of hydrogen-bond donors (Lipinski definition) is 0. The average Bonchev–Trinajstić information content (AvgIpc) is 3.05. The molecule has 0 heterocycles. The fourth-order valence-electron chi connectivity index (χ4n) is 5.71. The van der Waals surface area contributed by atoms with E-state index in [0.717, 1.165) is 51.4 Å². The van der Waals surface area contributed by atoms with E-state index in [1.54, 1.807) is 21.1 Å². The van der Waals surface area contributed by atoms with Gasteiger partial charge in [0.25, 0.3) is 0 Å². The fraction of sp³-hybridized carbons (Fsp3) is 0.829. The zero-order chi connectivity index (χ0) is 36.4. The standard InChI is InChI=1S/C41H75NO7/c1-6-8-10-12-14-16-18-19-20-21-22-24-25-27-29-31-39(43)48-36-37(35-47-34-33-38(41(45)46)42(3,4)5)49-40(44)32-30-28-26-23-17-15-13-11-9-7-2/h14,16,18-19,37-38H,6-13,15,17,20-36H2,1-5H3/b16-14+,19-18+. The number of ether oxygens (including phenoxy) is 3. The number of hydrogen-bond acceptors (Lipinski definition) is 7. The van der Waals surface area contributed by atoms with Crippen LogP contribution in [0.2, 0.25) is 0 Å². The van der Waals surface area contributed by atoms with Gasteiger partial charge in [0, 0.05) is 19.3 Å². The molecule has 2 unspecified atom stereocenters. The molecule has 0 rings (SSSR count). The van der Waals surface area contributed by atoms with Crippen molar-refractivity contribution in [1.29, 1.82) is 0 Å². The minimum atomic E-state index is -1.13. The first-order valence-corrected chi connectivity index (χ1v) is 19.9. The monoisotopic (exact) mass is 694 g/mol. The minimum absolute atomic E-state index is 0.0401. The number of esters is 2. The van der Waals surface area contributed by atoms with E-state index in [9.17, 15) is 19.5 Å². The summed E-state index contributed by atoms with van der Waals surface area (Å²) in [6.07, 6.45) is 33.4. The van der Waals surface area contributed by atoms with Crippen molar-refractivity contribution < 1.29 is 38.2 Å². The molecule has 0 aliphatic carbocycles. The maximum Gasteiger partial charge on any atom is 0.306 e. The van der Waals surface area contributed by atoms with Crippen LogP contribution >= 0.6 is 0 Å². The SMILES string of the molecule is CCCCC/C=C/C=C/CCCCCCCCC(=O)OCC(COCCC(C(=O)[O-])[N+](C)(C)C)OC(=O)CCCCCCCCCCCC. The number of carboxylic acids is 1. The molecular formula is C41H75NO7. The molecule has 0 aromatic carbocycles. The zero-order valence-electron chi connectivity index (χ0n) is 32.4.